The summed E-state index contributed by atoms with van der Waals surface area (Å²) in [6, 6.07) is 0. The number of hydrogen-bond acceptors (Lipinski definition) is 6. The van der Waals surface area contributed by atoms with Gasteiger partial charge < -0.3 is 14.2 Å². The van der Waals surface area contributed by atoms with Gasteiger partial charge in [0.25, 0.3) is 0 Å². The highest BCUT2D eigenvalue weighted by Gasteiger charge is 2.19. The third-order valence-corrected chi connectivity index (χ3v) is 13.7. The van der Waals surface area contributed by atoms with Gasteiger partial charge in [-0.25, -0.2) is 0 Å². The number of unbranched alkanes of at least 4 members (excludes halogenated alkanes) is 34. The fourth-order valence-electron chi connectivity index (χ4n) is 9.00. The zero-order valence-electron chi connectivity index (χ0n) is 48.4. The Labute approximate surface area is 453 Å². The summed E-state index contributed by atoms with van der Waals surface area (Å²) in [5, 5.41) is 0. The first-order chi connectivity index (χ1) is 36.0. The number of carbonyl (C=O) groups is 3. The van der Waals surface area contributed by atoms with Crippen molar-refractivity contribution in [2.24, 2.45) is 0 Å². The van der Waals surface area contributed by atoms with Crippen molar-refractivity contribution in [3.63, 3.8) is 0 Å². The molecule has 1 atom stereocenters. The lowest BCUT2D eigenvalue weighted by atomic mass is 10.0. The van der Waals surface area contributed by atoms with Gasteiger partial charge in [0.2, 0.25) is 0 Å². The second-order valence-electron chi connectivity index (χ2n) is 20.9. The van der Waals surface area contributed by atoms with Gasteiger partial charge in [-0.2, -0.15) is 0 Å². The predicted molar refractivity (Wildman–Crippen MR) is 316 cm³/mol. The third-order valence-electron chi connectivity index (χ3n) is 13.7. The van der Waals surface area contributed by atoms with Crippen molar-refractivity contribution in [3.05, 3.63) is 72.9 Å². The molecule has 0 bridgehead atoms. The maximum Gasteiger partial charge on any atom is 0.306 e. The van der Waals surface area contributed by atoms with E-state index in [1.807, 2.05) is 0 Å². The van der Waals surface area contributed by atoms with Crippen molar-refractivity contribution in [1.82, 2.24) is 0 Å². The molecule has 0 fully saturated rings. The molecule has 0 spiro atoms. The summed E-state index contributed by atoms with van der Waals surface area (Å²) in [5.74, 6) is -0.872. The monoisotopic (exact) mass is 1020 g/mol. The van der Waals surface area contributed by atoms with Crippen LogP contribution in [-0.4, -0.2) is 37.2 Å². The zero-order valence-corrected chi connectivity index (χ0v) is 48.4. The number of rotatable bonds is 57. The van der Waals surface area contributed by atoms with Crippen molar-refractivity contribution >= 4 is 17.9 Å². The van der Waals surface area contributed by atoms with Gasteiger partial charge in [0.1, 0.15) is 13.2 Å². The summed E-state index contributed by atoms with van der Waals surface area (Å²) in [4.78, 5) is 38.2. The van der Waals surface area contributed by atoms with E-state index in [0.29, 0.717) is 19.3 Å². The van der Waals surface area contributed by atoms with Crippen molar-refractivity contribution in [2.45, 2.75) is 322 Å². The van der Waals surface area contributed by atoms with Crippen LogP contribution in [-0.2, 0) is 28.6 Å². The van der Waals surface area contributed by atoms with Crippen LogP contribution >= 0.6 is 0 Å². The average Bonchev–Trinajstić information content (AvgIpc) is 3.39. The van der Waals surface area contributed by atoms with Crippen LogP contribution in [0, 0.1) is 0 Å². The summed E-state index contributed by atoms with van der Waals surface area (Å²) in [6.45, 7) is 6.54. The van der Waals surface area contributed by atoms with Crippen molar-refractivity contribution in [2.75, 3.05) is 13.2 Å². The number of ether oxygens (including phenoxy) is 3. The molecule has 0 aromatic carbocycles. The van der Waals surface area contributed by atoms with Gasteiger partial charge in [-0.05, 0) is 89.9 Å². The molecule has 0 heterocycles. The molecule has 6 heteroatoms. The van der Waals surface area contributed by atoms with Crippen molar-refractivity contribution in [1.29, 1.82) is 0 Å². The molecule has 422 valence electrons. The van der Waals surface area contributed by atoms with Gasteiger partial charge in [0.05, 0.1) is 0 Å². The van der Waals surface area contributed by atoms with Crippen LogP contribution in [0.4, 0.5) is 0 Å². The number of hydrogen-bond donors (Lipinski definition) is 0. The van der Waals surface area contributed by atoms with Crippen LogP contribution in [0.5, 0.6) is 0 Å². The Hall–Kier alpha value is -3.15. The van der Waals surface area contributed by atoms with Crippen molar-refractivity contribution < 1.29 is 28.6 Å². The maximum atomic E-state index is 12.9. The molecule has 0 aromatic heterocycles. The summed E-state index contributed by atoms with van der Waals surface area (Å²) in [6.07, 6.45) is 79.0. The molecule has 0 N–H and O–H groups in total. The van der Waals surface area contributed by atoms with E-state index in [1.165, 1.54) is 180 Å². The first kappa shape index (κ1) is 69.8. The lowest BCUT2D eigenvalue weighted by Crippen LogP contribution is -2.30. The smallest absolute Gasteiger partial charge is 0.306 e. The molecule has 0 saturated carbocycles. The molecule has 73 heavy (non-hydrogen) atoms. The van der Waals surface area contributed by atoms with E-state index in [0.717, 1.165) is 96.3 Å². The molecule has 0 aliphatic rings. The Morgan fingerprint density at radius 3 is 0.863 bits per heavy atom. The number of carbonyl (C=O) groups excluding carboxylic acids is 3. The molecular formula is C67H118O6. The lowest BCUT2D eigenvalue weighted by molar-refractivity contribution is -0.167. The minimum Gasteiger partial charge on any atom is -0.462 e. The fraction of sp³-hybridized carbons (Fsp3) is 0.776. The summed E-state index contributed by atoms with van der Waals surface area (Å²) < 4.78 is 16.9. The van der Waals surface area contributed by atoms with Gasteiger partial charge in [0.15, 0.2) is 6.10 Å². The van der Waals surface area contributed by atoms with Gasteiger partial charge in [-0.15, -0.1) is 0 Å². The van der Waals surface area contributed by atoms with E-state index in [2.05, 4.69) is 93.7 Å². The van der Waals surface area contributed by atoms with E-state index < -0.39 is 6.10 Å². The quantitative estimate of drug-likeness (QED) is 0.0261. The van der Waals surface area contributed by atoms with Gasteiger partial charge >= 0.3 is 17.9 Å². The first-order valence-corrected chi connectivity index (χ1v) is 31.4. The largest absolute Gasteiger partial charge is 0.462 e. The Morgan fingerprint density at radius 1 is 0.288 bits per heavy atom. The molecule has 0 amide bonds. The summed E-state index contributed by atoms with van der Waals surface area (Å²) in [5.41, 5.74) is 0. The molecule has 0 aliphatic carbocycles. The van der Waals surface area contributed by atoms with Gasteiger partial charge in [-0.3, -0.25) is 14.4 Å². The van der Waals surface area contributed by atoms with Crippen molar-refractivity contribution in [3.8, 4) is 0 Å². The molecule has 0 rings (SSSR count). The zero-order chi connectivity index (χ0) is 52.9. The van der Waals surface area contributed by atoms with Crippen LogP contribution in [0.3, 0.4) is 0 Å². The second-order valence-corrected chi connectivity index (χ2v) is 20.9. The first-order valence-electron chi connectivity index (χ1n) is 31.4. The Kier molecular flexibility index (Phi) is 58.7. The highest BCUT2D eigenvalue weighted by atomic mass is 16.6. The topological polar surface area (TPSA) is 78.9 Å². The number of esters is 3. The van der Waals surface area contributed by atoms with Crippen LogP contribution in [0.2, 0.25) is 0 Å². The standard InChI is InChI=1S/C67H118O6/c1-4-7-10-13-16-19-22-25-27-28-29-30-31-32-33-34-35-36-37-38-40-42-45-48-51-54-57-60-66(69)72-63-64(62-71-65(68)59-56-53-50-47-44-41-24-21-18-15-12-9-6-3)73-67(70)61-58-55-52-49-46-43-39-26-23-20-17-14-11-8-5-2/h7,10,16,19,21,24-25,27,29-30,32-33,64H,4-6,8-9,11-15,17-18,20,22-23,26,28,31,34-63H2,1-3H3/b10-7-,19-16-,24-21-,27-25-,30-29-,33-32-. The Balaban J connectivity index is 4.26. The van der Waals surface area contributed by atoms with Crippen LogP contribution in [0.1, 0.15) is 316 Å². The summed E-state index contributed by atoms with van der Waals surface area (Å²) >= 11 is 0. The number of allylic oxidation sites excluding steroid dienone is 12. The van der Waals surface area contributed by atoms with E-state index in [9.17, 15) is 14.4 Å². The SMILES string of the molecule is CC/C=C\C/C=C\C/C=C\C/C=C\C/C=C\CCCCCCCCCCCCCC(=O)OCC(COC(=O)CCCCCCC/C=C\CCCCCC)OC(=O)CCCCCCCCCCCCCCCCC. The average molecular weight is 1020 g/mol. The van der Waals surface area contributed by atoms with Crippen LogP contribution in [0.15, 0.2) is 72.9 Å². The third kappa shape index (κ3) is 59.6. The van der Waals surface area contributed by atoms with Gasteiger partial charge in [0, 0.05) is 19.3 Å². The molecule has 0 saturated heterocycles. The van der Waals surface area contributed by atoms with E-state index in [-0.39, 0.29) is 31.1 Å². The Bertz CT molecular complexity index is 1360. The molecular weight excluding hydrogens is 901 g/mol. The Morgan fingerprint density at radius 2 is 0.534 bits per heavy atom. The van der Waals surface area contributed by atoms with Crippen LogP contribution < -0.4 is 0 Å². The second kappa shape index (κ2) is 61.4. The highest BCUT2D eigenvalue weighted by molar-refractivity contribution is 5.71. The highest BCUT2D eigenvalue weighted by Crippen LogP contribution is 2.17. The molecule has 0 aliphatic heterocycles. The predicted octanol–water partition coefficient (Wildman–Crippen LogP) is 21.3. The summed E-state index contributed by atoms with van der Waals surface area (Å²) in [7, 11) is 0. The normalized spacial score (nSPS) is 12.5. The van der Waals surface area contributed by atoms with E-state index in [4.69, 9.17) is 14.2 Å². The minimum atomic E-state index is -0.777. The van der Waals surface area contributed by atoms with E-state index in [1.54, 1.807) is 0 Å². The van der Waals surface area contributed by atoms with E-state index >= 15 is 0 Å². The minimum absolute atomic E-state index is 0.0761. The fourth-order valence-corrected chi connectivity index (χ4v) is 9.00. The molecule has 6 nitrogen and oxygen atoms in total. The lowest BCUT2D eigenvalue weighted by Gasteiger charge is -2.18. The van der Waals surface area contributed by atoms with Gasteiger partial charge in [-0.1, -0.05) is 280 Å². The molecule has 0 radical (unpaired) electrons. The molecule has 1 unspecified atom stereocenters. The molecule has 0 aromatic rings. The maximum absolute atomic E-state index is 12.9. The van der Waals surface area contributed by atoms with Crippen LogP contribution in [0.25, 0.3) is 0 Å².